The van der Waals surface area contributed by atoms with Crippen LogP contribution in [0.3, 0.4) is 0 Å². The molecular formula is C19H28N6O. The number of hydrogen-bond acceptors (Lipinski definition) is 4. The standard InChI is InChI=1S/C19H28N6O/c1-3-5-13-24(14-6-4-2)19(26)20-16-9-7-15(8-10-16)18-21-22-23-25(18)17-11-12-17/h7-10,17H,3-6,11-14H2,1-2H3,(H,20,26). The summed E-state index contributed by atoms with van der Waals surface area (Å²) in [5.41, 5.74) is 1.76. The minimum Gasteiger partial charge on any atom is -0.325 e. The van der Waals surface area contributed by atoms with Crippen molar-refractivity contribution >= 4 is 11.7 Å². The Labute approximate surface area is 154 Å². The van der Waals surface area contributed by atoms with Crippen LogP contribution in [0.4, 0.5) is 10.5 Å². The van der Waals surface area contributed by atoms with E-state index in [-0.39, 0.29) is 6.03 Å². The highest BCUT2D eigenvalue weighted by Crippen LogP contribution is 2.36. The normalized spacial score (nSPS) is 13.6. The maximum Gasteiger partial charge on any atom is 0.321 e. The Hall–Kier alpha value is -2.44. The zero-order valence-electron chi connectivity index (χ0n) is 15.7. The van der Waals surface area contributed by atoms with Gasteiger partial charge in [0.15, 0.2) is 5.82 Å². The molecule has 0 aliphatic heterocycles. The second-order valence-corrected chi connectivity index (χ2v) is 6.88. The molecule has 7 nitrogen and oxygen atoms in total. The van der Waals surface area contributed by atoms with E-state index in [1.165, 1.54) is 0 Å². The van der Waals surface area contributed by atoms with Gasteiger partial charge < -0.3 is 10.2 Å². The molecule has 0 radical (unpaired) electrons. The van der Waals surface area contributed by atoms with Gasteiger partial charge in [0.2, 0.25) is 0 Å². The maximum absolute atomic E-state index is 12.6. The minimum atomic E-state index is -0.0255. The zero-order chi connectivity index (χ0) is 18.4. The number of carbonyl (C=O) groups excluding carboxylic acids is 1. The number of amides is 2. The first-order valence-electron chi connectivity index (χ1n) is 9.67. The van der Waals surface area contributed by atoms with Crippen molar-refractivity contribution in [2.45, 2.75) is 58.4 Å². The van der Waals surface area contributed by atoms with Crippen LogP contribution >= 0.6 is 0 Å². The van der Waals surface area contributed by atoms with Crippen LogP contribution in [0, 0.1) is 0 Å². The average Bonchev–Trinajstić information content (AvgIpc) is 3.39. The number of carbonyl (C=O) groups is 1. The number of nitrogens with one attached hydrogen (secondary N) is 1. The van der Waals surface area contributed by atoms with Gasteiger partial charge in [-0.3, -0.25) is 0 Å². The maximum atomic E-state index is 12.6. The van der Waals surface area contributed by atoms with Gasteiger partial charge in [-0.2, -0.15) is 0 Å². The van der Waals surface area contributed by atoms with Crippen LogP contribution in [-0.2, 0) is 0 Å². The lowest BCUT2D eigenvalue weighted by Crippen LogP contribution is -2.36. The predicted octanol–water partition coefficient (Wildman–Crippen LogP) is 4.11. The Kier molecular flexibility index (Phi) is 6.20. The highest BCUT2D eigenvalue weighted by molar-refractivity contribution is 5.89. The summed E-state index contributed by atoms with van der Waals surface area (Å²) in [6.07, 6.45) is 6.50. The molecule has 2 amide bonds. The largest absolute Gasteiger partial charge is 0.325 e. The van der Waals surface area contributed by atoms with Crippen LogP contribution in [0.2, 0.25) is 0 Å². The number of unbranched alkanes of at least 4 members (excludes halogenated alkanes) is 2. The number of urea groups is 1. The van der Waals surface area contributed by atoms with Gasteiger partial charge >= 0.3 is 6.03 Å². The first kappa shape index (κ1) is 18.4. The fourth-order valence-electron chi connectivity index (χ4n) is 2.87. The molecule has 1 aromatic carbocycles. The van der Waals surface area contributed by atoms with Crippen LogP contribution in [0.25, 0.3) is 11.4 Å². The van der Waals surface area contributed by atoms with Gasteiger partial charge in [0.25, 0.3) is 0 Å². The lowest BCUT2D eigenvalue weighted by atomic mass is 10.2. The van der Waals surface area contributed by atoms with E-state index in [0.29, 0.717) is 6.04 Å². The highest BCUT2D eigenvalue weighted by Gasteiger charge is 2.28. The third-order valence-corrected chi connectivity index (χ3v) is 4.63. The average molecular weight is 356 g/mol. The summed E-state index contributed by atoms with van der Waals surface area (Å²) in [6.45, 7) is 5.89. The molecule has 1 N–H and O–H groups in total. The van der Waals surface area contributed by atoms with E-state index < -0.39 is 0 Å². The molecule has 1 fully saturated rings. The van der Waals surface area contributed by atoms with Gasteiger partial charge in [0.05, 0.1) is 6.04 Å². The quantitative estimate of drug-likeness (QED) is 0.733. The van der Waals surface area contributed by atoms with E-state index in [2.05, 4.69) is 34.7 Å². The molecule has 1 aromatic heterocycles. The second kappa shape index (κ2) is 8.78. The minimum absolute atomic E-state index is 0.0255. The van der Waals surface area contributed by atoms with E-state index in [4.69, 9.17) is 0 Å². The number of hydrogen-bond donors (Lipinski definition) is 1. The number of nitrogens with zero attached hydrogens (tertiary/aromatic N) is 5. The van der Waals surface area contributed by atoms with Crippen molar-refractivity contribution in [2.24, 2.45) is 0 Å². The first-order chi connectivity index (χ1) is 12.7. The summed E-state index contributed by atoms with van der Waals surface area (Å²) in [4.78, 5) is 14.5. The Morgan fingerprint density at radius 2 is 1.81 bits per heavy atom. The number of anilines is 1. The fourth-order valence-corrected chi connectivity index (χ4v) is 2.87. The van der Waals surface area contributed by atoms with Gasteiger partial charge in [-0.05, 0) is 60.4 Å². The van der Waals surface area contributed by atoms with Gasteiger partial charge in [-0.15, -0.1) is 5.10 Å². The van der Waals surface area contributed by atoms with Crippen molar-refractivity contribution in [3.8, 4) is 11.4 Å². The molecule has 140 valence electrons. The Bertz CT molecular complexity index is 699. The SMILES string of the molecule is CCCCN(CCCC)C(=O)Nc1ccc(-c2nnnn2C2CC2)cc1. The van der Waals surface area contributed by atoms with Crippen LogP contribution < -0.4 is 5.32 Å². The molecule has 1 aliphatic rings. The fraction of sp³-hybridized carbons (Fsp3) is 0.579. The van der Waals surface area contributed by atoms with Crippen LogP contribution in [0.1, 0.15) is 58.4 Å². The lowest BCUT2D eigenvalue weighted by Gasteiger charge is -2.23. The third-order valence-electron chi connectivity index (χ3n) is 4.63. The smallest absolute Gasteiger partial charge is 0.321 e. The molecule has 1 heterocycles. The van der Waals surface area contributed by atoms with Crippen LogP contribution in [0.15, 0.2) is 24.3 Å². The van der Waals surface area contributed by atoms with E-state index in [0.717, 1.165) is 68.7 Å². The Morgan fingerprint density at radius 1 is 1.15 bits per heavy atom. The molecule has 26 heavy (non-hydrogen) atoms. The van der Waals surface area contributed by atoms with E-state index >= 15 is 0 Å². The molecule has 0 bridgehead atoms. The predicted molar refractivity (Wildman–Crippen MR) is 102 cm³/mol. The van der Waals surface area contributed by atoms with Crippen molar-refractivity contribution in [2.75, 3.05) is 18.4 Å². The summed E-state index contributed by atoms with van der Waals surface area (Å²) in [5.74, 6) is 0.790. The van der Waals surface area contributed by atoms with E-state index in [9.17, 15) is 4.79 Å². The summed E-state index contributed by atoms with van der Waals surface area (Å²) in [6, 6.07) is 8.16. The van der Waals surface area contributed by atoms with Crippen molar-refractivity contribution in [3.05, 3.63) is 24.3 Å². The monoisotopic (exact) mass is 356 g/mol. The van der Waals surface area contributed by atoms with Crippen LogP contribution in [0.5, 0.6) is 0 Å². The van der Waals surface area contributed by atoms with Gasteiger partial charge in [0, 0.05) is 24.3 Å². The summed E-state index contributed by atoms with van der Waals surface area (Å²) in [5, 5.41) is 15.0. The van der Waals surface area contributed by atoms with Crippen LogP contribution in [-0.4, -0.2) is 44.2 Å². The number of benzene rings is 1. The zero-order valence-corrected chi connectivity index (χ0v) is 15.7. The molecule has 1 saturated carbocycles. The number of aromatic nitrogens is 4. The van der Waals surface area contributed by atoms with Gasteiger partial charge in [-0.1, -0.05) is 26.7 Å². The Morgan fingerprint density at radius 3 is 2.38 bits per heavy atom. The Balaban J connectivity index is 1.63. The molecule has 7 heteroatoms. The third kappa shape index (κ3) is 4.59. The lowest BCUT2D eigenvalue weighted by molar-refractivity contribution is 0.210. The van der Waals surface area contributed by atoms with Gasteiger partial charge in [-0.25, -0.2) is 9.48 Å². The van der Waals surface area contributed by atoms with Gasteiger partial charge in [0.1, 0.15) is 0 Å². The number of rotatable bonds is 9. The summed E-state index contributed by atoms with van der Waals surface area (Å²) < 4.78 is 1.89. The molecule has 0 atom stereocenters. The topological polar surface area (TPSA) is 75.9 Å². The molecule has 1 aliphatic carbocycles. The molecule has 3 rings (SSSR count). The molecule has 0 spiro atoms. The van der Waals surface area contributed by atoms with Crippen molar-refractivity contribution < 1.29 is 4.79 Å². The molecule has 0 saturated heterocycles. The summed E-state index contributed by atoms with van der Waals surface area (Å²) >= 11 is 0. The molecular weight excluding hydrogens is 328 g/mol. The second-order valence-electron chi connectivity index (χ2n) is 6.88. The molecule has 0 unspecified atom stereocenters. The summed E-state index contributed by atoms with van der Waals surface area (Å²) in [7, 11) is 0. The molecule has 2 aromatic rings. The highest BCUT2D eigenvalue weighted by atomic mass is 16.2. The first-order valence-corrected chi connectivity index (χ1v) is 9.67. The number of tetrazole rings is 1. The van der Waals surface area contributed by atoms with E-state index in [1.54, 1.807) is 0 Å². The van der Waals surface area contributed by atoms with Crippen molar-refractivity contribution in [1.29, 1.82) is 0 Å². The van der Waals surface area contributed by atoms with Crippen molar-refractivity contribution in [1.82, 2.24) is 25.1 Å². The van der Waals surface area contributed by atoms with Crippen molar-refractivity contribution in [3.63, 3.8) is 0 Å². The van der Waals surface area contributed by atoms with E-state index in [1.807, 2.05) is 33.8 Å².